The lowest BCUT2D eigenvalue weighted by Crippen LogP contribution is -2.52. The Morgan fingerprint density at radius 3 is 2.22 bits per heavy atom. The highest BCUT2D eigenvalue weighted by atomic mass is 35.5. The van der Waals surface area contributed by atoms with E-state index in [9.17, 15) is 9.59 Å². The fourth-order valence-corrected chi connectivity index (χ4v) is 5.43. The molecular weight excluding hydrogens is 557 g/mol. The Morgan fingerprint density at radius 2 is 1.59 bits per heavy atom. The van der Waals surface area contributed by atoms with Crippen molar-refractivity contribution in [2.45, 2.75) is 19.9 Å². The second-order valence-electron chi connectivity index (χ2n) is 10.2. The topological polar surface area (TPSA) is 69.6 Å². The van der Waals surface area contributed by atoms with Gasteiger partial charge in [-0.3, -0.25) is 9.59 Å². The largest absolute Gasteiger partial charge is 0.352 e. The van der Waals surface area contributed by atoms with Crippen molar-refractivity contribution in [2.75, 3.05) is 37.6 Å². The molecule has 41 heavy (non-hydrogen) atoms. The first-order chi connectivity index (χ1) is 19.8. The Kier molecular flexibility index (Phi) is 8.86. The second-order valence-corrected chi connectivity index (χ2v) is 11.0. The first kappa shape index (κ1) is 28.6. The molecule has 7 nitrogen and oxygen atoms in total. The zero-order valence-corrected chi connectivity index (χ0v) is 24.5. The van der Waals surface area contributed by atoms with Gasteiger partial charge in [-0.15, -0.1) is 10.2 Å². The molecule has 9 heteroatoms. The van der Waals surface area contributed by atoms with Crippen molar-refractivity contribution in [1.82, 2.24) is 20.0 Å². The Labute approximate surface area is 250 Å². The van der Waals surface area contributed by atoms with E-state index in [0.29, 0.717) is 47.5 Å². The van der Waals surface area contributed by atoms with Crippen LogP contribution in [0.5, 0.6) is 0 Å². The summed E-state index contributed by atoms with van der Waals surface area (Å²) in [5, 5.41) is 9.85. The molecule has 1 aliphatic heterocycles. The molecule has 0 N–H and O–H groups in total. The van der Waals surface area contributed by atoms with Gasteiger partial charge in [0.1, 0.15) is 6.54 Å². The van der Waals surface area contributed by atoms with E-state index >= 15 is 0 Å². The van der Waals surface area contributed by atoms with Crippen LogP contribution < -0.4 is 4.90 Å². The molecule has 1 saturated heterocycles. The lowest BCUT2D eigenvalue weighted by atomic mass is 10.0. The molecule has 0 aliphatic carbocycles. The van der Waals surface area contributed by atoms with Gasteiger partial charge in [-0.1, -0.05) is 71.2 Å². The number of rotatable bonds is 7. The molecule has 0 radical (unpaired) electrons. The summed E-state index contributed by atoms with van der Waals surface area (Å²) < 4.78 is 0. The van der Waals surface area contributed by atoms with Crippen molar-refractivity contribution in [2.24, 2.45) is 0 Å². The van der Waals surface area contributed by atoms with Gasteiger partial charge >= 0.3 is 0 Å². The number of carbonyl (C=O) groups is 2. The Morgan fingerprint density at radius 1 is 0.878 bits per heavy atom. The van der Waals surface area contributed by atoms with Crippen LogP contribution in [0.3, 0.4) is 0 Å². The minimum absolute atomic E-state index is 0.000868. The van der Waals surface area contributed by atoms with E-state index in [2.05, 4.69) is 15.1 Å². The fourth-order valence-electron chi connectivity index (χ4n) is 4.92. The van der Waals surface area contributed by atoms with Gasteiger partial charge in [-0.05, 0) is 61.9 Å². The molecule has 210 valence electrons. The van der Waals surface area contributed by atoms with Crippen molar-refractivity contribution in [3.63, 3.8) is 0 Å². The van der Waals surface area contributed by atoms with E-state index in [1.807, 2.05) is 91.5 Å². The van der Waals surface area contributed by atoms with Gasteiger partial charge in [0.2, 0.25) is 5.91 Å². The van der Waals surface area contributed by atoms with Crippen LogP contribution in [0.4, 0.5) is 5.82 Å². The van der Waals surface area contributed by atoms with Gasteiger partial charge in [0, 0.05) is 42.3 Å². The molecule has 4 aromatic rings. The summed E-state index contributed by atoms with van der Waals surface area (Å²) in [5.74, 6) is 0.496. The van der Waals surface area contributed by atoms with Crippen LogP contribution in [0.1, 0.15) is 34.5 Å². The zero-order valence-electron chi connectivity index (χ0n) is 23.0. The smallest absolute Gasteiger partial charge is 0.254 e. The number of piperazine rings is 1. The zero-order chi connectivity index (χ0) is 28.9. The molecule has 5 rings (SSSR count). The van der Waals surface area contributed by atoms with Crippen LogP contribution in [0.2, 0.25) is 10.0 Å². The number of nitrogens with zero attached hydrogens (tertiary/aromatic N) is 5. The van der Waals surface area contributed by atoms with E-state index in [0.717, 1.165) is 22.5 Å². The molecule has 3 aromatic carbocycles. The normalized spacial score (nSPS) is 14.0. The minimum Gasteiger partial charge on any atom is -0.352 e. The molecule has 0 unspecified atom stereocenters. The maximum atomic E-state index is 13.6. The highest BCUT2D eigenvalue weighted by Crippen LogP contribution is 2.29. The Bertz CT molecular complexity index is 1510. The van der Waals surface area contributed by atoms with E-state index in [-0.39, 0.29) is 24.4 Å². The highest BCUT2D eigenvalue weighted by molar-refractivity contribution is 6.36. The van der Waals surface area contributed by atoms with Crippen molar-refractivity contribution in [1.29, 1.82) is 0 Å². The maximum absolute atomic E-state index is 13.6. The van der Waals surface area contributed by atoms with Gasteiger partial charge < -0.3 is 14.7 Å². The number of benzene rings is 3. The maximum Gasteiger partial charge on any atom is 0.254 e. The van der Waals surface area contributed by atoms with Gasteiger partial charge in [0.15, 0.2) is 5.82 Å². The molecule has 0 saturated carbocycles. The summed E-state index contributed by atoms with van der Waals surface area (Å²) in [4.78, 5) is 32.7. The summed E-state index contributed by atoms with van der Waals surface area (Å²) in [5.41, 5.74) is 4.05. The van der Waals surface area contributed by atoms with Gasteiger partial charge in [-0.25, -0.2) is 0 Å². The molecule has 1 atom stereocenters. The number of hydrogen-bond acceptors (Lipinski definition) is 5. The molecule has 1 aliphatic rings. The Hall–Kier alpha value is -3.94. The van der Waals surface area contributed by atoms with E-state index < -0.39 is 0 Å². The first-order valence-corrected chi connectivity index (χ1v) is 14.3. The molecule has 0 spiro atoms. The molecule has 1 aromatic heterocycles. The second kappa shape index (κ2) is 12.7. The predicted octanol–water partition coefficient (Wildman–Crippen LogP) is 6.31. The van der Waals surface area contributed by atoms with E-state index in [1.165, 1.54) is 0 Å². The number of halogens is 2. The third-order valence-corrected chi connectivity index (χ3v) is 7.98. The van der Waals surface area contributed by atoms with Gasteiger partial charge in [0.05, 0.1) is 16.8 Å². The summed E-state index contributed by atoms with van der Waals surface area (Å²) in [7, 11) is 0. The summed E-state index contributed by atoms with van der Waals surface area (Å²) in [6, 6.07) is 26.1. The van der Waals surface area contributed by atoms with Crippen LogP contribution in [-0.4, -0.2) is 64.5 Å². The van der Waals surface area contributed by atoms with E-state index in [4.69, 9.17) is 23.2 Å². The highest BCUT2D eigenvalue weighted by Gasteiger charge is 2.29. The summed E-state index contributed by atoms with van der Waals surface area (Å²) in [6.45, 7) is 6.22. The quantitative estimate of drug-likeness (QED) is 0.253. The number of anilines is 1. The number of aryl methyl sites for hydroxylation is 1. The summed E-state index contributed by atoms with van der Waals surface area (Å²) in [6.07, 6.45) is 0. The molecule has 2 heterocycles. The minimum atomic E-state index is -0.266. The third kappa shape index (κ3) is 6.69. The average molecular weight is 589 g/mol. The van der Waals surface area contributed by atoms with Crippen molar-refractivity contribution in [3.8, 4) is 11.3 Å². The average Bonchev–Trinajstić information content (AvgIpc) is 3.00. The number of amides is 2. The molecule has 1 fully saturated rings. The lowest BCUT2D eigenvalue weighted by molar-refractivity contribution is -0.132. The number of hydrogen-bond donors (Lipinski definition) is 0. The first-order valence-electron chi connectivity index (χ1n) is 13.5. The third-order valence-electron chi connectivity index (χ3n) is 7.43. The number of carbonyl (C=O) groups excluding carboxylic acids is 2. The van der Waals surface area contributed by atoms with Gasteiger partial charge in [-0.2, -0.15) is 0 Å². The predicted molar refractivity (Wildman–Crippen MR) is 163 cm³/mol. The van der Waals surface area contributed by atoms with Gasteiger partial charge in [0.25, 0.3) is 5.91 Å². The van der Waals surface area contributed by atoms with Crippen molar-refractivity contribution < 1.29 is 9.59 Å². The van der Waals surface area contributed by atoms with Crippen LogP contribution in [0.25, 0.3) is 11.3 Å². The monoisotopic (exact) mass is 587 g/mol. The lowest BCUT2D eigenvalue weighted by Gasteiger charge is -2.37. The number of aromatic nitrogens is 2. The molecule has 0 bridgehead atoms. The van der Waals surface area contributed by atoms with Crippen LogP contribution in [0, 0.1) is 6.92 Å². The molecular formula is C32H31Cl2N5O2. The standard InChI is InChI=1S/C32H31Cl2N5O2/c1-22-8-10-25(11-9-22)32(41)39(23(2)24-6-4-3-5-7-24)21-31(40)38-18-16-37(17-19-38)30-15-14-29(35-36-30)27-13-12-26(33)20-28(27)34/h3-15,20,23H,16-19,21H2,1-2H3/t23-/m0/s1. The van der Waals surface area contributed by atoms with E-state index in [1.54, 1.807) is 17.0 Å². The van der Waals surface area contributed by atoms with Crippen molar-refractivity contribution in [3.05, 3.63) is 112 Å². The SMILES string of the molecule is Cc1ccc(C(=O)N(CC(=O)N2CCN(c3ccc(-c4ccc(Cl)cc4Cl)nn3)CC2)[C@@H](C)c2ccccc2)cc1. The molecule has 2 amide bonds. The fraction of sp³-hybridized carbons (Fsp3) is 0.250. The van der Waals surface area contributed by atoms with Crippen molar-refractivity contribution >= 4 is 40.8 Å². The van der Waals surface area contributed by atoms with Crippen LogP contribution in [0.15, 0.2) is 84.9 Å². The van der Waals surface area contributed by atoms with Crippen LogP contribution in [-0.2, 0) is 4.79 Å². The summed E-state index contributed by atoms with van der Waals surface area (Å²) >= 11 is 12.3. The van der Waals surface area contributed by atoms with Crippen LogP contribution >= 0.6 is 23.2 Å². The Balaban J connectivity index is 1.25.